The fourth-order valence-electron chi connectivity index (χ4n) is 1.25. The summed E-state index contributed by atoms with van der Waals surface area (Å²) in [4.78, 5) is 24.9. The van der Waals surface area contributed by atoms with Crippen molar-refractivity contribution in [3.05, 3.63) is 23.1 Å². The van der Waals surface area contributed by atoms with Gasteiger partial charge in [0.2, 0.25) is 5.91 Å². The van der Waals surface area contributed by atoms with Crippen molar-refractivity contribution in [1.82, 2.24) is 10.2 Å². The summed E-state index contributed by atoms with van der Waals surface area (Å²) in [5, 5.41) is 2.68. The average Bonchev–Trinajstić information content (AvgIpc) is 2.73. The molecule has 0 saturated carbocycles. The van der Waals surface area contributed by atoms with Crippen molar-refractivity contribution < 1.29 is 14.0 Å². The molecule has 1 heterocycles. The average molecular weight is 259 g/mol. The van der Waals surface area contributed by atoms with Gasteiger partial charge in [0.1, 0.15) is 6.04 Å². The van der Waals surface area contributed by atoms with Gasteiger partial charge in [0.05, 0.1) is 0 Å². The zero-order valence-corrected chi connectivity index (χ0v) is 10.7. The van der Waals surface area contributed by atoms with Gasteiger partial charge in [-0.25, -0.2) is 0 Å². The van der Waals surface area contributed by atoms with Crippen molar-refractivity contribution in [1.29, 1.82) is 0 Å². The molecule has 1 aromatic heterocycles. The van der Waals surface area contributed by atoms with Crippen LogP contribution in [0.25, 0.3) is 0 Å². The molecule has 1 N–H and O–H groups in total. The second kappa shape index (κ2) is 5.72. The smallest absolute Gasteiger partial charge is 0.287 e. The van der Waals surface area contributed by atoms with Crippen molar-refractivity contribution in [3.8, 4) is 0 Å². The van der Waals surface area contributed by atoms with Gasteiger partial charge >= 0.3 is 0 Å². The Kier molecular flexibility index (Phi) is 4.57. The topological polar surface area (TPSA) is 62.6 Å². The van der Waals surface area contributed by atoms with Gasteiger partial charge in [0.15, 0.2) is 11.0 Å². The molecule has 1 atom stereocenters. The van der Waals surface area contributed by atoms with Crippen LogP contribution in [0.5, 0.6) is 0 Å². The number of likely N-dealkylation sites (N-methyl/N-ethyl adjacent to an activating group) is 1. The summed E-state index contributed by atoms with van der Waals surface area (Å²) in [5.41, 5.74) is 0. The van der Waals surface area contributed by atoms with E-state index in [4.69, 9.17) is 16.0 Å². The molecule has 2 amide bonds. The Morgan fingerprint density at radius 1 is 1.53 bits per heavy atom. The van der Waals surface area contributed by atoms with Crippen LogP contribution in [0.3, 0.4) is 0 Å². The maximum Gasteiger partial charge on any atom is 0.287 e. The second-order valence-corrected chi connectivity index (χ2v) is 4.02. The summed E-state index contributed by atoms with van der Waals surface area (Å²) in [6.45, 7) is 4.07. The van der Waals surface area contributed by atoms with Crippen LogP contribution < -0.4 is 5.32 Å². The van der Waals surface area contributed by atoms with Gasteiger partial charge < -0.3 is 14.6 Å². The van der Waals surface area contributed by atoms with Crippen LogP contribution in [-0.4, -0.2) is 36.3 Å². The maximum atomic E-state index is 11.7. The highest BCUT2D eigenvalue weighted by Crippen LogP contribution is 2.12. The lowest BCUT2D eigenvalue weighted by atomic mass is 10.2. The summed E-state index contributed by atoms with van der Waals surface area (Å²) in [7, 11) is 1.68. The monoisotopic (exact) mass is 258 g/mol. The standard InChI is InChI=1S/C11H15ClN2O3/c1-4-14(3)11(16)7(2)13-10(15)8-5-6-9(12)17-8/h5-7H,4H2,1-3H3,(H,13,15). The lowest BCUT2D eigenvalue weighted by molar-refractivity contribution is -0.131. The molecule has 0 spiro atoms. The number of amides is 2. The van der Waals surface area contributed by atoms with Crippen molar-refractivity contribution in [2.75, 3.05) is 13.6 Å². The molecule has 0 aromatic carbocycles. The number of furan rings is 1. The van der Waals surface area contributed by atoms with Crippen LogP contribution in [-0.2, 0) is 4.79 Å². The molecule has 0 saturated heterocycles. The van der Waals surface area contributed by atoms with E-state index < -0.39 is 11.9 Å². The van der Waals surface area contributed by atoms with E-state index >= 15 is 0 Å². The van der Waals surface area contributed by atoms with Crippen LogP contribution in [0.15, 0.2) is 16.5 Å². The maximum absolute atomic E-state index is 11.7. The van der Waals surface area contributed by atoms with E-state index in [1.54, 1.807) is 14.0 Å². The van der Waals surface area contributed by atoms with Crippen LogP contribution in [0.1, 0.15) is 24.4 Å². The van der Waals surface area contributed by atoms with E-state index in [2.05, 4.69) is 5.32 Å². The summed E-state index contributed by atoms with van der Waals surface area (Å²) in [6.07, 6.45) is 0. The quantitative estimate of drug-likeness (QED) is 0.891. The van der Waals surface area contributed by atoms with Gasteiger partial charge in [-0.2, -0.15) is 0 Å². The third-order valence-corrected chi connectivity index (χ3v) is 2.57. The minimum absolute atomic E-state index is 0.0915. The highest BCUT2D eigenvalue weighted by Gasteiger charge is 2.20. The fourth-order valence-corrected chi connectivity index (χ4v) is 1.40. The van der Waals surface area contributed by atoms with E-state index in [1.807, 2.05) is 6.92 Å². The number of rotatable bonds is 4. The molecule has 17 heavy (non-hydrogen) atoms. The summed E-state index contributed by atoms with van der Waals surface area (Å²) < 4.78 is 4.94. The van der Waals surface area contributed by atoms with Crippen molar-refractivity contribution in [3.63, 3.8) is 0 Å². The van der Waals surface area contributed by atoms with E-state index in [0.29, 0.717) is 6.54 Å². The summed E-state index contributed by atoms with van der Waals surface area (Å²) in [6, 6.07) is 2.33. The summed E-state index contributed by atoms with van der Waals surface area (Å²) in [5.74, 6) is -0.519. The predicted octanol–water partition coefficient (Wildman–Crippen LogP) is 1.53. The van der Waals surface area contributed by atoms with Crippen molar-refractivity contribution in [2.45, 2.75) is 19.9 Å². The Morgan fingerprint density at radius 2 is 2.18 bits per heavy atom. The SMILES string of the molecule is CCN(C)C(=O)C(C)NC(=O)c1ccc(Cl)o1. The zero-order chi connectivity index (χ0) is 13.0. The highest BCUT2D eigenvalue weighted by atomic mass is 35.5. The zero-order valence-electron chi connectivity index (χ0n) is 9.99. The first-order valence-corrected chi connectivity index (χ1v) is 5.64. The molecular formula is C11H15ClN2O3. The van der Waals surface area contributed by atoms with Crippen LogP contribution in [0.4, 0.5) is 0 Å². The second-order valence-electron chi connectivity index (χ2n) is 3.65. The first-order valence-electron chi connectivity index (χ1n) is 5.27. The van der Waals surface area contributed by atoms with Gasteiger partial charge in [0, 0.05) is 13.6 Å². The van der Waals surface area contributed by atoms with Crippen LogP contribution in [0.2, 0.25) is 5.22 Å². The highest BCUT2D eigenvalue weighted by molar-refractivity contribution is 6.29. The molecule has 1 aromatic rings. The molecule has 5 nitrogen and oxygen atoms in total. The van der Waals surface area contributed by atoms with Gasteiger partial charge in [-0.3, -0.25) is 9.59 Å². The van der Waals surface area contributed by atoms with Crippen LogP contribution >= 0.6 is 11.6 Å². The lowest BCUT2D eigenvalue weighted by Gasteiger charge is -2.20. The van der Waals surface area contributed by atoms with E-state index in [9.17, 15) is 9.59 Å². The molecule has 0 aliphatic heterocycles. The Balaban J connectivity index is 2.60. The largest absolute Gasteiger partial charge is 0.440 e. The first kappa shape index (κ1) is 13.6. The van der Waals surface area contributed by atoms with Crippen molar-refractivity contribution >= 4 is 23.4 Å². The van der Waals surface area contributed by atoms with E-state index in [1.165, 1.54) is 17.0 Å². The minimum atomic E-state index is -0.601. The molecule has 0 radical (unpaired) electrons. The molecular weight excluding hydrogens is 244 g/mol. The predicted molar refractivity (Wildman–Crippen MR) is 64.0 cm³/mol. The van der Waals surface area contributed by atoms with Gasteiger partial charge in [0.25, 0.3) is 5.91 Å². The Labute approximate surface area is 105 Å². The normalized spacial score (nSPS) is 12.0. The number of nitrogens with zero attached hydrogens (tertiary/aromatic N) is 1. The number of hydrogen-bond donors (Lipinski definition) is 1. The molecule has 1 unspecified atom stereocenters. The third kappa shape index (κ3) is 3.49. The molecule has 0 aliphatic carbocycles. The summed E-state index contributed by atoms with van der Waals surface area (Å²) >= 11 is 5.55. The van der Waals surface area contributed by atoms with Gasteiger partial charge in [-0.15, -0.1) is 0 Å². The molecule has 1 rings (SSSR count). The Morgan fingerprint density at radius 3 is 2.65 bits per heavy atom. The molecule has 0 fully saturated rings. The third-order valence-electron chi connectivity index (χ3n) is 2.37. The Bertz CT molecular complexity index is 417. The van der Waals surface area contributed by atoms with Gasteiger partial charge in [-0.1, -0.05) is 0 Å². The number of carbonyl (C=O) groups is 2. The van der Waals surface area contributed by atoms with Crippen LogP contribution in [0, 0.1) is 0 Å². The first-order chi connectivity index (χ1) is 7.95. The van der Waals surface area contributed by atoms with Crippen molar-refractivity contribution in [2.24, 2.45) is 0 Å². The number of hydrogen-bond acceptors (Lipinski definition) is 3. The fraction of sp³-hybridized carbons (Fsp3) is 0.455. The number of carbonyl (C=O) groups excluding carboxylic acids is 2. The van der Waals surface area contributed by atoms with E-state index in [-0.39, 0.29) is 16.9 Å². The van der Waals surface area contributed by atoms with Gasteiger partial charge in [-0.05, 0) is 37.6 Å². The minimum Gasteiger partial charge on any atom is -0.440 e. The van der Waals surface area contributed by atoms with E-state index in [0.717, 1.165) is 0 Å². The molecule has 94 valence electrons. The molecule has 6 heteroatoms. The lowest BCUT2D eigenvalue weighted by Crippen LogP contribution is -2.45. The Hall–Kier alpha value is -1.49. The number of nitrogens with one attached hydrogen (secondary N) is 1. The molecule has 0 aliphatic rings. The molecule has 0 bridgehead atoms. The number of halogens is 1.